The Morgan fingerprint density at radius 2 is 1.81 bits per heavy atom. The first kappa shape index (κ1) is 16.0. The summed E-state index contributed by atoms with van der Waals surface area (Å²) in [7, 11) is 0. The lowest BCUT2D eigenvalue weighted by molar-refractivity contribution is -0.138. The molecule has 0 aromatic heterocycles. The van der Waals surface area contributed by atoms with Gasteiger partial charge in [-0.2, -0.15) is 13.2 Å². The van der Waals surface area contributed by atoms with Crippen molar-refractivity contribution in [3.63, 3.8) is 0 Å². The largest absolute Gasteiger partial charge is 0.456 e. The van der Waals surface area contributed by atoms with E-state index in [9.17, 15) is 13.2 Å². The zero-order chi connectivity index (χ0) is 15.5. The molecule has 112 valence electrons. The Morgan fingerprint density at radius 3 is 2.43 bits per heavy atom. The van der Waals surface area contributed by atoms with Crippen molar-refractivity contribution in [2.24, 2.45) is 0 Å². The third-order valence-electron chi connectivity index (χ3n) is 2.79. The Kier molecular flexibility index (Phi) is 5.06. The minimum Gasteiger partial charge on any atom is -0.456 e. The molecule has 2 aromatic rings. The number of ether oxygens (including phenoxy) is 1. The molecule has 6 heteroatoms. The second-order valence-electron chi connectivity index (χ2n) is 4.21. The Hall–Kier alpha value is -1.33. The summed E-state index contributed by atoms with van der Waals surface area (Å²) in [5.41, 5.74) is -0.425. The Bertz CT molecular complexity index is 629. The summed E-state index contributed by atoms with van der Waals surface area (Å²) < 4.78 is 44.8. The Labute approximate surface area is 130 Å². The van der Waals surface area contributed by atoms with E-state index in [2.05, 4.69) is 0 Å². The quantitative estimate of drug-likeness (QED) is 0.504. The van der Waals surface area contributed by atoms with Gasteiger partial charge in [-0.3, -0.25) is 0 Å². The van der Waals surface area contributed by atoms with Gasteiger partial charge in [-0.05, 0) is 36.1 Å². The number of para-hydroxylation sites is 1. The highest BCUT2D eigenvalue weighted by molar-refractivity contribution is 7.98. The maximum absolute atomic E-state index is 13.1. The number of thioether (sulfide) groups is 1. The van der Waals surface area contributed by atoms with Gasteiger partial charge in [-0.15, -0.1) is 23.4 Å². The van der Waals surface area contributed by atoms with E-state index in [-0.39, 0.29) is 11.6 Å². The molecule has 0 bridgehead atoms. The maximum Gasteiger partial charge on any atom is 0.419 e. The van der Waals surface area contributed by atoms with Crippen LogP contribution in [0, 0.1) is 0 Å². The normalized spacial score (nSPS) is 11.5. The van der Waals surface area contributed by atoms with Crippen molar-refractivity contribution >= 4 is 23.4 Å². The van der Waals surface area contributed by atoms with Crippen molar-refractivity contribution in [1.29, 1.82) is 0 Å². The number of alkyl halides is 4. The lowest BCUT2D eigenvalue weighted by Gasteiger charge is -2.16. The first-order valence-electron chi connectivity index (χ1n) is 6.02. The second-order valence-corrected chi connectivity index (χ2v) is 5.33. The molecule has 0 heterocycles. The van der Waals surface area contributed by atoms with Crippen molar-refractivity contribution < 1.29 is 17.9 Å². The molecule has 2 aromatic carbocycles. The minimum atomic E-state index is -4.49. The maximum atomic E-state index is 13.1. The summed E-state index contributed by atoms with van der Waals surface area (Å²) >= 11 is 7.01. The average Bonchev–Trinajstić information content (AvgIpc) is 2.47. The SMILES string of the molecule is CSc1ccccc1Oc1ccc(CCl)cc1C(F)(F)F. The van der Waals surface area contributed by atoms with Crippen molar-refractivity contribution in [2.45, 2.75) is 17.0 Å². The van der Waals surface area contributed by atoms with Crippen molar-refractivity contribution in [1.82, 2.24) is 0 Å². The fourth-order valence-electron chi connectivity index (χ4n) is 1.79. The molecule has 2 rings (SSSR count). The molecule has 0 atom stereocenters. The lowest BCUT2D eigenvalue weighted by atomic mass is 10.1. The van der Waals surface area contributed by atoms with Gasteiger partial charge in [-0.25, -0.2) is 0 Å². The van der Waals surface area contributed by atoms with Crippen LogP contribution in [0.4, 0.5) is 13.2 Å². The molecule has 0 N–H and O–H groups in total. The minimum absolute atomic E-state index is 0.0186. The highest BCUT2D eigenvalue weighted by Crippen LogP contribution is 2.40. The Morgan fingerprint density at radius 1 is 1.10 bits per heavy atom. The van der Waals surface area contributed by atoms with Gasteiger partial charge in [0.05, 0.1) is 5.56 Å². The average molecular weight is 333 g/mol. The lowest BCUT2D eigenvalue weighted by Crippen LogP contribution is -2.08. The Balaban J connectivity index is 2.44. The third-order valence-corrected chi connectivity index (χ3v) is 3.88. The van der Waals surface area contributed by atoms with E-state index in [4.69, 9.17) is 16.3 Å². The van der Waals surface area contributed by atoms with E-state index in [1.54, 1.807) is 24.3 Å². The van der Waals surface area contributed by atoms with Crippen LogP contribution in [0.25, 0.3) is 0 Å². The molecule has 21 heavy (non-hydrogen) atoms. The number of rotatable bonds is 4. The first-order chi connectivity index (χ1) is 9.95. The van der Waals surface area contributed by atoms with Crippen molar-refractivity contribution in [2.75, 3.05) is 6.26 Å². The van der Waals surface area contributed by atoms with Gasteiger partial charge in [-0.1, -0.05) is 18.2 Å². The predicted octanol–water partition coefficient (Wildman–Crippen LogP) is 5.96. The fraction of sp³-hybridized carbons (Fsp3) is 0.200. The van der Waals surface area contributed by atoms with Crippen LogP contribution in [0.3, 0.4) is 0 Å². The van der Waals surface area contributed by atoms with E-state index in [1.165, 1.54) is 23.9 Å². The summed E-state index contributed by atoms with van der Waals surface area (Å²) in [6.07, 6.45) is -2.66. The van der Waals surface area contributed by atoms with E-state index in [1.807, 2.05) is 6.26 Å². The number of benzene rings is 2. The number of hydrogen-bond acceptors (Lipinski definition) is 2. The molecular weight excluding hydrogens is 321 g/mol. The van der Waals surface area contributed by atoms with Gasteiger partial charge in [0.15, 0.2) is 0 Å². The summed E-state index contributed by atoms with van der Waals surface area (Å²) in [5, 5.41) is 0. The molecule has 0 saturated carbocycles. The summed E-state index contributed by atoms with van der Waals surface area (Å²) in [4.78, 5) is 0.770. The smallest absolute Gasteiger partial charge is 0.419 e. The van der Waals surface area contributed by atoms with Gasteiger partial charge in [0.25, 0.3) is 0 Å². The zero-order valence-electron chi connectivity index (χ0n) is 11.1. The summed E-state index contributed by atoms with van der Waals surface area (Å²) in [5.74, 6) is 0.192. The molecule has 1 nitrogen and oxygen atoms in total. The second kappa shape index (κ2) is 6.62. The van der Waals surface area contributed by atoms with Gasteiger partial charge in [0.2, 0.25) is 0 Å². The zero-order valence-corrected chi connectivity index (χ0v) is 12.6. The van der Waals surface area contributed by atoms with Crippen LogP contribution in [-0.4, -0.2) is 6.26 Å². The first-order valence-corrected chi connectivity index (χ1v) is 7.78. The van der Waals surface area contributed by atoms with Gasteiger partial charge < -0.3 is 4.74 Å². The van der Waals surface area contributed by atoms with Crippen LogP contribution in [0.15, 0.2) is 47.4 Å². The third kappa shape index (κ3) is 3.86. The van der Waals surface area contributed by atoms with Crippen LogP contribution in [-0.2, 0) is 12.1 Å². The van der Waals surface area contributed by atoms with E-state index in [0.717, 1.165) is 11.0 Å². The van der Waals surface area contributed by atoms with Gasteiger partial charge >= 0.3 is 6.18 Å². The highest BCUT2D eigenvalue weighted by Gasteiger charge is 2.35. The summed E-state index contributed by atoms with van der Waals surface area (Å²) in [6, 6.07) is 10.8. The van der Waals surface area contributed by atoms with Crippen LogP contribution in [0.1, 0.15) is 11.1 Å². The van der Waals surface area contributed by atoms with Crippen LogP contribution in [0.2, 0.25) is 0 Å². The van der Waals surface area contributed by atoms with Gasteiger partial charge in [0, 0.05) is 10.8 Å². The molecule has 0 aliphatic heterocycles. The van der Waals surface area contributed by atoms with E-state index >= 15 is 0 Å². The standard InChI is InChI=1S/C15H12ClF3OS/c1-21-14-5-3-2-4-13(14)20-12-7-6-10(9-16)8-11(12)15(17,18)19/h2-8H,9H2,1H3. The topological polar surface area (TPSA) is 9.23 Å². The predicted molar refractivity (Wildman–Crippen MR) is 79.3 cm³/mol. The molecule has 0 aliphatic carbocycles. The molecule has 0 radical (unpaired) electrons. The van der Waals surface area contributed by atoms with Crippen molar-refractivity contribution in [3.8, 4) is 11.5 Å². The number of hydrogen-bond donors (Lipinski definition) is 0. The molecular formula is C15H12ClF3OS. The van der Waals surface area contributed by atoms with Crippen LogP contribution in [0.5, 0.6) is 11.5 Å². The molecule has 0 saturated heterocycles. The van der Waals surface area contributed by atoms with E-state index in [0.29, 0.717) is 11.3 Å². The molecule has 0 amide bonds. The molecule has 0 fully saturated rings. The monoisotopic (exact) mass is 332 g/mol. The van der Waals surface area contributed by atoms with Gasteiger partial charge in [0.1, 0.15) is 11.5 Å². The van der Waals surface area contributed by atoms with Crippen LogP contribution >= 0.6 is 23.4 Å². The van der Waals surface area contributed by atoms with Crippen molar-refractivity contribution in [3.05, 3.63) is 53.6 Å². The highest BCUT2D eigenvalue weighted by atomic mass is 35.5. The summed E-state index contributed by atoms with van der Waals surface area (Å²) in [6.45, 7) is 0. The number of halogens is 4. The fourth-order valence-corrected chi connectivity index (χ4v) is 2.48. The molecule has 0 unspecified atom stereocenters. The van der Waals surface area contributed by atoms with Crippen LogP contribution < -0.4 is 4.74 Å². The molecule has 0 spiro atoms. The molecule has 0 aliphatic rings. The van der Waals surface area contributed by atoms with E-state index < -0.39 is 11.7 Å².